The summed E-state index contributed by atoms with van der Waals surface area (Å²) in [7, 11) is 2.08. The molecule has 0 unspecified atom stereocenters. The van der Waals surface area contributed by atoms with Crippen molar-refractivity contribution in [2.75, 3.05) is 62.7 Å². The number of para-hydroxylation sites is 1. The molecule has 1 N–H and O–H groups in total. The van der Waals surface area contributed by atoms with Crippen molar-refractivity contribution in [2.45, 2.75) is 6.42 Å². The standard InChI is InChI=1S/C21H29N5O/c1-24(19-8-3-2-4-9-19)13-7-12-23-21(27)18-25-14-16-26(17-15-25)20-10-5-6-11-22-20/h2-6,8-11H,7,12-18H2,1H3,(H,23,27). The van der Waals surface area contributed by atoms with Gasteiger partial charge in [0.25, 0.3) is 0 Å². The molecule has 6 nitrogen and oxygen atoms in total. The van der Waals surface area contributed by atoms with E-state index in [0.717, 1.165) is 45.0 Å². The number of amides is 1. The first-order chi connectivity index (χ1) is 13.2. The van der Waals surface area contributed by atoms with Crippen LogP contribution in [0.2, 0.25) is 0 Å². The number of anilines is 2. The summed E-state index contributed by atoms with van der Waals surface area (Å²) in [5.41, 5.74) is 1.20. The molecule has 1 aliphatic rings. The number of carbonyl (C=O) groups is 1. The van der Waals surface area contributed by atoms with Crippen molar-refractivity contribution in [1.29, 1.82) is 0 Å². The van der Waals surface area contributed by atoms with Gasteiger partial charge in [-0.1, -0.05) is 24.3 Å². The first kappa shape index (κ1) is 19.2. The maximum absolute atomic E-state index is 12.2. The highest BCUT2D eigenvalue weighted by Crippen LogP contribution is 2.12. The van der Waals surface area contributed by atoms with E-state index in [1.54, 1.807) is 0 Å². The van der Waals surface area contributed by atoms with Crippen LogP contribution in [0.4, 0.5) is 11.5 Å². The van der Waals surface area contributed by atoms with E-state index in [-0.39, 0.29) is 5.91 Å². The molecule has 27 heavy (non-hydrogen) atoms. The fourth-order valence-corrected chi connectivity index (χ4v) is 3.29. The molecule has 1 aromatic carbocycles. The van der Waals surface area contributed by atoms with Crippen LogP contribution in [0.15, 0.2) is 54.7 Å². The summed E-state index contributed by atoms with van der Waals surface area (Å²) in [5, 5.41) is 3.05. The molecule has 0 atom stereocenters. The minimum atomic E-state index is 0.114. The van der Waals surface area contributed by atoms with Crippen molar-refractivity contribution in [3.05, 3.63) is 54.7 Å². The van der Waals surface area contributed by atoms with Crippen molar-refractivity contribution in [1.82, 2.24) is 15.2 Å². The van der Waals surface area contributed by atoms with E-state index >= 15 is 0 Å². The largest absolute Gasteiger partial charge is 0.375 e. The average Bonchev–Trinajstić information content (AvgIpc) is 2.73. The van der Waals surface area contributed by atoms with E-state index in [0.29, 0.717) is 13.1 Å². The van der Waals surface area contributed by atoms with Crippen LogP contribution in [-0.2, 0) is 4.79 Å². The van der Waals surface area contributed by atoms with E-state index in [4.69, 9.17) is 0 Å². The quantitative estimate of drug-likeness (QED) is 0.722. The molecule has 1 aromatic heterocycles. The summed E-state index contributed by atoms with van der Waals surface area (Å²) >= 11 is 0. The molecule has 0 radical (unpaired) electrons. The summed E-state index contributed by atoms with van der Waals surface area (Å²) in [6, 6.07) is 16.3. The highest BCUT2D eigenvalue weighted by Gasteiger charge is 2.19. The number of pyridine rings is 1. The van der Waals surface area contributed by atoms with Crippen LogP contribution in [0.1, 0.15) is 6.42 Å². The molecule has 2 aromatic rings. The zero-order valence-corrected chi connectivity index (χ0v) is 16.1. The molecule has 0 spiro atoms. The van der Waals surface area contributed by atoms with Gasteiger partial charge < -0.3 is 15.1 Å². The van der Waals surface area contributed by atoms with Gasteiger partial charge in [-0.05, 0) is 30.7 Å². The van der Waals surface area contributed by atoms with E-state index in [1.165, 1.54) is 5.69 Å². The Balaban J connectivity index is 1.30. The molecule has 0 bridgehead atoms. The predicted octanol–water partition coefficient (Wildman–Crippen LogP) is 1.85. The van der Waals surface area contributed by atoms with Gasteiger partial charge >= 0.3 is 0 Å². The monoisotopic (exact) mass is 367 g/mol. The van der Waals surface area contributed by atoms with Gasteiger partial charge in [0.05, 0.1) is 6.54 Å². The molecule has 0 saturated carbocycles. The van der Waals surface area contributed by atoms with Crippen LogP contribution in [0.25, 0.3) is 0 Å². The topological polar surface area (TPSA) is 51.7 Å². The number of nitrogens with zero attached hydrogens (tertiary/aromatic N) is 4. The molecule has 1 aliphatic heterocycles. The number of rotatable bonds is 8. The Bertz CT molecular complexity index is 686. The van der Waals surface area contributed by atoms with Crippen LogP contribution in [0, 0.1) is 0 Å². The van der Waals surface area contributed by atoms with E-state index < -0.39 is 0 Å². The number of hydrogen-bond donors (Lipinski definition) is 1. The lowest BCUT2D eigenvalue weighted by molar-refractivity contribution is -0.122. The number of aromatic nitrogens is 1. The van der Waals surface area contributed by atoms with Crippen LogP contribution in [0.3, 0.4) is 0 Å². The zero-order valence-electron chi connectivity index (χ0n) is 16.1. The Labute approximate surface area is 161 Å². The third kappa shape index (κ3) is 5.96. The minimum Gasteiger partial charge on any atom is -0.375 e. The molecular formula is C21H29N5O. The first-order valence-electron chi connectivity index (χ1n) is 9.63. The van der Waals surface area contributed by atoms with Crippen LogP contribution in [0.5, 0.6) is 0 Å². The second-order valence-corrected chi connectivity index (χ2v) is 6.91. The summed E-state index contributed by atoms with van der Waals surface area (Å²) in [5.74, 6) is 1.13. The average molecular weight is 367 g/mol. The summed E-state index contributed by atoms with van der Waals surface area (Å²) in [4.78, 5) is 23.3. The molecule has 1 saturated heterocycles. The van der Waals surface area contributed by atoms with Gasteiger partial charge in [0.1, 0.15) is 5.82 Å². The lowest BCUT2D eigenvalue weighted by Crippen LogP contribution is -2.49. The maximum atomic E-state index is 12.2. The third-order valence-electron chi connectivity index (χ3n) is 4.90. The van der Waals surface area contributed by atoms with Crippen molar-refractivity contribution in [3.8, 4) is 0 Å². The van der Waals surface area contributed by atoms with Crippen LogP contribution >= 0.6 is 0 Å². The second kappa shape index (κ2) is 9.92. The lowest BCUT2D eigenvalue weighted by atomic mass is 10.3. The fraction of sp³-hybridized carbons (Fsp3) is 0.429. The second-order valence-electron chi connectivity index (χ2n) is 6.91. The zero-order chi connectivity index (χ0) is 18.9. The van der Waals surface area contributed by atoms with Gasteiger partial charge in [0.2, 0.25) is 5.91 Å². The van der Waals surface area contributed by atoms with Crippen LogP contribution < -0.4 is 15.1 Å². The Morgan fingerprint density at radius 3 is 2.52 bits per heavy atom. The molecule has 2 heterocycles. The van der Waals surface area contributed by atoms with Crippen molar-refractivity contribution < 1.29 is 4.79 Å². The molecule has 1 amide bonds. The summed E-state index contributed by atoms with van der Waals surface area (Å²) in [6.07, 6.45) is 2.76. The number of carbonyl (C=O) groups excluding carboxylic acids is 1. The summed E-state index contributed by atoms with van der Waals surface area (Å²) in [6.45, 7) is 5.71. The first-order valence-corrected chi connectivity index (χ1v) is 9.63. The van der Waals surface area contributed by atoms with E-state index in [1.807, 2.05) is 42.6 Å². The van der Waals surface area contributed by atoms with Crippen LogP contribution in [-0.4, -0.2) is 68.7 Å². The van der Waals surface area contributed by atoms with Crippen molar-refractivity contribution >= 4 is 17.4 Å². The predicted molar refractivity (Wildman–Crippen MR) is 110 cm³/mol. The molecule has 3 rings (SSSR count). The highest BCUT2D eigenvalue weighted by atomic mass is 16.2. The Hall–Kier alpha value is -2.60. The van der Waals surface area contributed by atoms with Crippen molar-refractivity contribution in [3.63, 3.8) is 0 Å². The highest BCUT2D eigenvalue weighted by molar-refractivity contribution is 5.78. The van der Waals surface area contributed by atoms with Gasteiger partial charge in [-0.2, -0.15) is 0 Å². The lowest BCUT2D eigenvalue weighted by Gasteiger charge is -2.34. The van der Waals surface area contributed by atoms with Crippen molar-refractivity contribution in [2.24, 2.45) is 0 Å². The van der Waals surface area contributed by atoms with Gasteiger partial charge in [0, 0.05) is 58.2 Å². The normalized spacial score (nSPS) is 14.8. The van der Waals surface area contributed by atoms with E-state index in [2.05, 4.69) is 44.2 Å². The molecule has 144 valence electrons. The minimum absolute atomic E-state index is 0.114. The number of nitrogens with one attached hydrogen (secondary N) is 1. The molecule has 1 fully saturated rings. The van der Waals surface area contributed by atoms with Gasteiger partial charge in [-0.25, -0.2) is 4.98 Å². The number of benzene rings is 1. The summed E-state index contributed by atoms with van der Waals surface area (Å²) < 4.78 is 0. The number of piperazine rings is 1. The smallest absolute Gasteiger partial charge is 0.234 e. The molecule has 6 heteroatoms. The van der Waals surface area contributed by atoms with Gasteiger partial charge in [-0.15, -0.1) is 0 Å². The van der Waals surface area contributed by atoms with E-state index in [9.17, 15) is 4.79 Å². The number of hydrogen-bond acceptors (Lipinski definition) is 5. The maximum Gasteiger partial charge on any atom is 0.234 e. The Morgan fingerprint density at radius 1 is 1.07 bits per heavy atom. The SMILES string of the molecule is CN(CCCNC(=O)CN1CCN(c2ccccn2)CC1)c1ccccc1. The fourth-order valence-electron chi connectivity index (χ4n) is 3.29. The third-order valence-corrected chi connectivity index (χ3v) is 4.90. The van der Waals surface area contributed by atoms with Gasteiger partial charge in [-0.3, -0.25) is 9.69 Å². The molecular weight excluding hydrogens is 338 g/mol. The Morgan fingerprint density at radius 2 is 1.81 bits per heavy atom. The Kier molecular flexibility index (Phi) is 7.04. The molecule has 0 aliphatic carbocycles. The van der Waals surface area contributed by atoms with Gasteiger partial charge in [0.15, 0.2) is 0 Å².